The van der Waals surface area contributed by atoms with Gasteiger partial charge >= 0.3 is 0 Å². The number of anilines is 2. The number of hydrogen-bond donors (Lipinski definition) is 2. The molecule has 8 heteroatoms. The molecule has 0 bridgehead atoms. The maximum Gasteiger partial charge on any atom is 0.255 e. The van der Waals surface area contributed by atoms with E-state index in [-0.39, 0.29) is 49.7 Å². The highest BCUT2D eigenvalue weighted by atomic mass is 19.1. The summed E-state index contributed by atoms with van der Waals surface area (Å²) < 4.78 is 13.3. The molecule has 0 aromatic heterocycles. The Balaban J connectivity index is 1.51. The van der Waals surface area contributed by atoms with Crippen molar-refractivity contribution in [2.45, 2.75) is 25.8 Å². The lowest BCUT2D eigenvalue weighted by Gasteiger charge is -2.21. The van der Waals surface area contributed by atoms with Crippen LogP contribution in [0.1, 0.15) is 35.2 Å². The van der Waals surface area contributed by atoms with Crippen molar-refractivity contribution in [3.8, 4) is 6.07 Å². The summed E-state index contributed by atoms with van der Waals surface area (Å²) in [7, 11) is 0. The third-order valence-electron chi connectivity index (χ3n) is 5.14. The third kappa shape index (κ3) is 7.79. The number of amides is 3. The van der Waals surface area contributed by atoms with Crippen LogP contribution in [0.4, 0.5) is 15.8 Å². The predicted molar refractivity (Wildman–Crippen MR) is 131 cm³/mol. The fourth-order valence-electron chi connectivity index (χ4n) is 3.40. The molecule has 0 spiro atoms. The van der Waals surface area contributed by atoms with E-state index in [2.05, 4.69) is 10.6 Å². The Hall–Kier alpha value is -4.51. The lowest BCUT2D eigenvalue weighted by atomic mass is 10.1. The van der Waals surface area contributed by atoms with Crippen LogP contribution in [0.25, 0.3) is 0 Å². The number of halogens is 1. The van der Waals surface area contributed by atoms with Crippen molar-refractivity contribution in [2.24, 2.45) is 0 Å². The van der Waals surface area contributed by atoms with Crippen LogP contribution in [0, 0.1) is 17.1 Å². The van der Waals surface area contributed by atoms with Crippen molar-refractivity contribution in [1.82, 2.24) is 5.32 Å². The van der Waals surface area contributed by atoms with E-state index >= 15 is 0 Å². The Morgan fingerprint density at radius 2 is 1.69 bits per heavy atom. The molecular formula is C27H25FN4O3. The zero-order chi connectivity index (χ0) is 25.0. The van der Waals surface area contributed by atoms with Crippen LogP contribution in [0.3, 0.4) is 0 Å². The van der Waals surface area contributed by atoms with Crippen LogP contribution in [0.2, 0.25) is 0 Å². The molecule has 0 heterocycles. The van der Waals surface area contributed by atoms with Gasteiger partial charge in [0.05, 0.1) is 12.5 Å². The van der Waals surface area contributed by atoms with Gasteiger partial charge in [0.1, 0.15) is 5.82 Å². The van der Waals surface area contributed by atoms with Gasteiger partial charge in [0.25, 0.3) is 5.91 Å². The second-order valence-electron chi connectivity index (χ2n) is 7.73. The van der Waals surface area contributed by atoms with Gasteiger partial charge in [0.2, 0.25) is 11.8 Å². The molecule has 178 valence electrons. The summed E-state index contributed by atoms with van der Waals surface area (Å²) in [5, 5.41) is 14.4. The van der Waals surface area contributed by atoms with Crippen LogP contribution in [0.15, 0.2) is 78.9 Å². The maximum absolute atomic E-state index is 13.3. The van der Waals surface area contributed by atoms with E-state index in [0.717, 1.165) is 11.6 Å². The molecule has 3 amide bonds. The first-order valence-corrected chi connectivity index (χ1v) is 11.1. The summed E-state index contributed by atoms with van der Waals surface area (Å²) >= 11 is 0. The predicted octanol–water partition coefficient (Wildman–Crippen LogP) is 4.42. The molecule has 0 aliphatic rings. The van der Waals surface area contributed by atoms with Crippen LogP contribution in [-0.2, 0) is 16.1 Å². The largest absolute Gasteiger partial charge is 0.352 e. The van der Waals surface area contributed by atoms with Gasteiger partial charge in [-0.2, -0.15) is 5.26 Å². The average molecular weight is 473 g/mol. The number of carbonyl (C=O) groups is 3. The number of hydrogen-bond acceptors (Lipinski definition) is 4. The van der Waals surface area contributed by atoms with Crippen LogP contribution >= 0.6 is 0 Å². The van der Waals surface area contributed by atoms with Crippen molar-refractivity contribution in [1.29, 1.82) is 5.26 Å². The normalized spacial score (nSPS) is 10.2. The molecule has 0 atom stereocenters. The Morgan fingerprint density at radius 1 is 0.914 bits per heavy atom. The van der Waals surface area contributed by atoms with Crippen molar-refractivity contribution in [3.05, 3.63) is 95.8 Å². The minimum atomic E-state index is -0.496. The summed E-state index contributed by atoms with van der Waals surface area (Å²) in [5.74, 6) is -1.46. The van der Waals surface area contributed by atoms with Gasteiger partial charge in [-0.15, -0.1) is 0 Å². The highest BCUT2D eigenvalue weighted by Gasteiger charge is 2.16. The number of benzene rings is 3. The van der Waals surface area contributed by atoms with E-state index in [9.17, 15) is 18.8 Å². The summed E-state index contributed by atoms with van der Waals surface area (Å²) in [5.41, 5.74) is 2.15. The number of carbonyl (C=O) groups excluding carboxylic acids is 3. The quantitative estimate of drug-likeness (QED) is 0.456. The zero-order valence-electron chi connectivity index (χ0n) is 19.0. The standard InChI is InChI=1S/C27H25FN4O3/c28-22-9-5-8-21(18-22)27(35)31-23-10-4-7-20(17-23)19-30-25(33)13-14-26(34)32(16-6-15-29)24-11-2-1-3-12-24/h1-5,7-12,17-18H,6,13-14,16,19H2,(H,30,33)(H,31,35). The molecule has 0 saturated heterocycles. The molecule has 3 aromatic rings. The van der Waals surface area contributed by atoms with Gasteiger partial charge in [-0.1, -0.05) is 36.4 Å². The van der Waals surface area contributed by atoms with E-state index in [0.29, 0.717) is 11.4 Å². The van der Waals surface area contributed by atoms with Gasteiger partial charge < -0.3 is 15.5 Å². The minimum absolute atomic E-state index is 0.00468. The average Bonchev–Trinajstić information content (AvgIpc) is 2.87. The molecule has 0 saturated carbocycles. The minimum Gasteiger partial charge on any atom is -0.352 e. The summed E-state index contributed by atoms with van der Waals surface area (Å²) in [4.78, 5) is 38.9. The first-order chi connectivity index (χ1) is 17.0. The number of nitrogens with one attached hydrogen (secondary N) is 2. The van der Waals surface area contributed by atoms with E-state index in [4.69, 9.17) is 5.26 Å². The number of para-hydroxylation sites is 1. The molecule has 0 fully saturated rings. The number of nitrogens with zero attached hydrogens (tertiary/aromatic N) is 2. The Labute approximate surface area is 203 Å². The molecule has 0 unspecified atom stereocenters. The fraction of sp³-hybridized carbons (Fsp3) is 0.185. The topological polar surface area (TPSA) is 102 Å². The van der Waals surface area contributed by atoms with Gasteiger partial charge in [-0.05, 0) is 48.0 Å². The van der Waals surface area contributed by atoms with Crippen LogP contribution in [0.5, 0.6) is 0 Å². The fourth-order valence-corrected chi connectivity index (χ4v) is 3.40. The molecule has 2 N–H and O–H groups in total. The van der Waals surface area contributed by atoms with Crippen LogP contribution in [-0.4, -0.2) is 24.3 Å². The second kappa shape index (κ2) is 12.7. The summed E-state index contributed by atoms with van der Waals surface area (Å²) in [6.07, 6.45) is 0.208. The Bertz CT molecular complexity index is 1220. The lowest BCUT2D eigenvalue weighted by molar-refractivity contribution is -0.125. The van der Waals surface area contributed by atoms with Crippen molar-refractivity contribution in [3.63, 3.8) is 0 Å². The Morgan fingerprint density at radius 3 is 2.43 bits per heavy atom. The molecule has 0 aliphatic carbocycles. The van der Waals surface area contributed by atoms with Crippen LogP contribution < -0.4 is 15.5 Å². The third-order valence-corrected chi connectivity index (χ3v) is 5.14. The van der Waals surface area contributed by atoms with E-state index in [1.54, 1.807) is 36.4 Å². The molecule has 3 aromatic carbocycles. The first-order valence-electron chi connectivity index (χ1n) is 11.1. The van der Waals surface area contributed by atoms with E-state index in [1.165, 1.54) is 23.1 Å². The van der Waals surface area contributed by atoms with Gasteiger partial charge in [-0.3, -0.25) is 14.4 Å². The molecule has 3 rings (SSSR count). The molecule has 0 radical (unpaired) electrons. The van der Waals surface area contributed by atoms with Gasteiger partial charge in [0, 0.05) is 42.9 Å². The number of nitriles is 1. The lowest BCUT2D eigenvalue weighted by Crippen LogP contribution is -2.33. The molecule has 35 heavy (non-hydrogen) atoms. The SMILES string of the molecule is N#CCCN(C(=O)CCC(=O)NCc1cccc(NC(=O)c2cccc(F)c2)c1)c1ccccc1. The van der Waals surface area contributed by atoms with Crippen molar-refractivity contribution >= 4 is 29.1 Å². The molecule has 7 nitrogen and oxygen atoms in total. The van der Waals surface area contributed by atoms with Gasteiger partial charge in [0.15, 0.2) is 0 Å². The maximum atomic E-state index is 13.3. The summed E-state index contributed by atoms with van der Waals surface area (Å²) in [6, 6.07) is 23.4. The number of rotatable bonds is 10. The van der Waals surface area contributed by atoms with E-state index < -0.39 is 11.7 Å². The molecular weight excluding hydrogens is 447 g/mol. The monoisotopic (exact) mass is 472 g/mol. The smallest absolute Gasteiger partial charge is 0.255 e. The zero-order valence-corrected chi connectivity index (χ0v) is 19.0. The van der Waals surface area contributed by atoms with Gasteiger partial charge in [-0.25, -0.2) is 4.39 Å². The molecule has 0 aliphatic heterocycles. The first kappa shape index (κ1) is 25.1. The highest BCUT2D eigenvalue weighted by molar-refractivity contribution is 6.04. The van der Waals surface area contributed by atoms with E-state index in [1.807, 2.05) is 24.3 Å². The summed E-state index contributed by atoms with van der Waals surface area (Å²) in [6.45, 7) is 0.475. The Kier molecular flexibility index (Phi) is 9.08. The van der Waals surface area contributed by atoms with Crippen molar-refractivity contribution < 1.29 is 18.8 Å². The van der Waals surface area contributed by atoms with Crippen molar-refractivity contribution in [2.75, 3.05) is 16.8 Å². The highest BCUT2D eigenvalue weighted by Crippen LogP contribution is 2.16. The second-order valence-corrected chi connectivity index (χ2v) is 7.73.